The van der Waals surface area contributed by atoms with E-state index in [0.717, 1.165) is 31.2 Å². The van der Waals surface area contributed by atoms with Crippen LogP contribution in [-0.2, 0) is 0 Å². The number of rotatable bonds is 6. The van der Waals surface area contributed by atoms with E-state index in [0.29, 0.717) is 5.92 Å². The smallest absolute Gasteiger partial charge is 0.233 e. The number of hydrogen-bond acceptors (Lipinski definition) is 4. The van der Waals surface area contributed by atoms with Gasteiger partial charge in [0.2, 0.25) is 11.8 Å². The molecule has 86 valence electrons. The summed E-state index contributed by atoms with van der Waals surface area (Å²) in [5.74, 6) is 1.82. The first-order valence-corrected chi connectivity index (χ1v) is 5.79. The number of nitrogens with zero attached hydrogens (tertiary/aromatic N) is 2. The zero-order valence-corrected chi connectivity index (χ0v) is 10.1. The van der Waals surface area contributed by atoms with Gasteiger partial charge in [-0.3, -0.25) is 0 Å². The third-order valence-corrected chi connectivity index (χ3v) is 2.65. The number of nitrogens with one attached hydrogen (secondary N) is 1. The Hall–Kier alpha value is -0.900. The fourth-order valence-corrected chi connectivity index (χ4v) is 1.41. The predicted octanol–water partition coefficient (Wildman–Crippen LogP) is 2.64. The monoisotopic (exact) mass is 211 g/mol. The van der Waals surface area contributed by atoms with Crippen LogP contribution in [0.15, 0.2) is 4.42 Å². The largest absolute Gasteiger partial charge is 0.423 e. The van der Waals surface area contributed by atoms with E-state index in [-0.39, 0.29) is 6.04 Å². The summed E-state index contributed by atoms with van der Waals surface area (Å²) in [4.78, 5) is 0. The summed E-state index contributed by atoms with van der Waals surface area (Å²) in [6.07, 6.45) is 2.00. The van der Waals surface area contributed by atoms with Crippen molar-refractivity contribution in [3.63, 3.8) is 0 Å². The van der Waals surface area contributed by atoms with Crippen LogP contribution in [0.3, 0.4) is 0 Å². The highest BCUT2D eigenvalue weighted by Crippen LogP contribution is 2.21. The Labute approximate surface area is 91.5 Å². The maximum Gasteiger partial charge on any atom is 0.233 e. The molecule has 0 aliphatic carbocycles. The first kappa shape index (κ1) is 12.2. The van der Waals surface area contributed by atoms with Gasteiger partial charge in [-0.1, -0.05) is 27.7 Å². The summed E-state index contributed by atoms with van der Waals surface area (Å²) in [6.45, 7) is 9.33. The molecule has 1 aromatic heterocycles. The molecule has 0 aliphatic heterocycles. The predicted molar refractivity (Wildman–Crippen MR) is 59.7 cm³/mol. The Kier molecular flexibility index (Phi) is 4.75. The van der Waals surface area contributed by atoms with Gasteiger partial charge >= 0.3 is 0 Å². The van der Waals surface area contributed by atoms with Gasteiger partial charge in [0.15, 0.2) is 0 Å². The van der Waals surface area contributed by atoms with Crippen molar-refractivity contribution in [2.45, 2.75) is 52.5 Å². The van der Waals surface area contributed by atoms with Crippen LogP contribution in [0.25, 0.3) is 0 Å². The van der Waals surface area contributed by atoms with Gasteiger partial charge in [-0.05, 0) is 19.4 Å². The molecule has 2 atom stereocenters. The molecule has 4 nitrogen and oxygen atoms in total. The topological polar surface area (TPSA) is 51.0 Å². The first-order valence-electron chi connectivity index (χ1n) is 5.79. The lowest BCUT2D eigenvalue weighted by atomic mass is 10.1. The van der Waals surface area contributed by atoms with Crippen LogP contribution in [0.5, 0.6) is 0 Å². The zero-order chi connectivity index (χ0) is 11.3. The van der Waals surface area contributed by atoms with Gasteiger partial charge in [0.05, 0.1) is 6.04 Å². The van der Waals surface area contributed by atoms with Crippen LogP contribution < -0.4 is 5.32 Å². The molecule has 0 saturated heterocycles. The van der Waals surface area contributed by atoms with E-state index in [2.05, 4.69) is 43.2 Å². The average molecular weight is 211 g/mol. The Balaban J connectivity index is 2.72. The Morgan fingerprint density at radius 1 is 1.13 bits per heavy atom. The molecule has 0 fully saturated rings. The maximum atomic E-state index is 5.66. The van der Waals surface area contributed by atoms with Gasteiger partial charge < -0.3 is 9.73 Å². The summed E-state index contributed by atoms with van der Waals surface area (Å²) < 4.78 is 5.66. The van der Waals surface area contributed by atoms with Crippen molar-refractivity contribution >= 4 is 0 Å². The summed E-state index contributed by atoms with van der Waals surface area (Å²) >= 11 is 0. The van der Waals surface area contributed by atoms with Gasteiger partial charge in [-0.25, -0.2) is 0 Å². The van der Waals surface area contributed by atoms with Crippen LogP contribution in [0.4, 0.5) is 0 Å². The molecule has 2 unspecified atom stereocenters. The first-order chi connectivity index (χ1) is 7.22. The molecule has 1 aromatic rings. The SMILES string of the molecule is CCNC(CC)c1nnc(C(C)CC)o1. The molecule has 0 radical (unpaired) electrons. The van der Waals surface area contributed by atoms with Gasteiger partial charge in [-0.15, -0.1) is 10.2 Å². The maximum absolute atomic E-state index is 5.66. The van der Waals surface area contributed by atoms with Crippen molar-refractivity contribution in [1.29, 1.82) is 0 Å². The molecule has 1 rings (SSSR count). The number of hydrogen-bond donors (Lipinski definition) is 1. The Morgan fingerprint density at radius 2 is 1.80 bits per heavy atom. The summed E-state index contributed by atoms with van der Waals surface area (Å²) in [5.41, 5.74) is 0. The second-order valence-electron chi connectivity index (χ2n) is 3.81. The fraction of sp³-hybridized carbons (Fsp3) is 0.818. The molecule has 0 bridgehead atoms. The minimum Gasteiger partial charge on any atom is -0.423 e. The van der Waals surface area contributed by atoms with Crippen molar-refractivity contribution < 1.29 is 4.42 Å². The van der Waals surface area contributed by atoms with E-state index in [1.807, 2.05) is 0 Å². The van der Waals surface area contributed by atoms with Gasteiger partial charge in [0, 0.05) is 5.92 Å². The minimum atomic E-state index is 0.195. The minimum absolute atomic E-state index is 0.195. The molecular formula is C11H21N3O. The van der Waals surface area contributed by atoms with Gasteiger partial charge in [0.25, 0.3) is 0 Å². The third kappa shape index (κ3) is 3.02. The second kappa shape index (κ2) is 5.85. The molecule has 0 aliphatic rings. The summed E-state index contributed by atoms with van der Waals surface area (Å²) in [7, 11) is 0. The lowest BCUT2D eigenvalue weighted by Gasteiger charge is -2.10. The van der Waals surface area contributed by atoms with Gasteiger partial charge in [0.1, 0.15) is 0 Å². The van der Waals surface area contributed by atoms with Gasteiger partial charge in [-0.2, -0.15) is 0 Å². The Bertz CT molecular complexity index is 285. The molecule has 0 saturated carbocycles. The molecular weight excluding hydrogens is 190 g/mol. The van der Waals surface area contributed by atoms with Crippen LogP contribution in [0, 0.1) is 0 Å². The van der Waals surface area contributed by atoms with Crippen LogP contribution in [0.1, 0.15) is 64.3 Å². The van der Waals surface area contributed by atoms with Crippen molar-refractivity contribution in [1.82, 2.24) is 15.5 Å². The highest BCUT2D eigenvalue weighted by molar-refractivity contribution is 4.93. The highest BCUT2D eigenvalue weighted by atomic mass is 16.4. The lowest BCUT2D eigenvalue weighted by Crippen LogP contribution is -2.20. The van der Waals surface area contributed by atoms with E-state index < -0.39 is 0 Å². The normalized spacial score (nSPS) is 15.2. The molecule has 4 heteroatoms. The van der Waals surface area contributed by atoms with Crippen LogP contribution >= 0.6 is 0 Å². The molecule has 1 heterocycles. The second-order valence-corrected chi connectivity index (χ2v) is 3.81. The quantitative estimate of drug-likeness (QED) is 0.786. The summed E-state index contributed by atoms with van der Waals surface area (Å²) in [6, 6.07) is 0.195. The third-order valence-electron chi connectivity index (χ3n) is 2.65. The number of aromatic nitrogens is 2. The van der Waals surface area contributed by atoms with E-state index in [9.17, 15) is 0 Å². The lowest BCUT2D eigenvalue weighted by molar-refractivity contribution is 0.363. The van der Waals surface area contributed by atoms with E-state index >= 15 is 0 Å². The highest BCUT2D eigenvalue weighted by Gasteiger charge is 2.17. The zero-order valence-electron chi connectivity index (χ0n) is 10.1. The van der Waals surface area contributed by atoms with Crippen LogP contribution in [-0.4, -0.2) is 16.7 Å². The van der Waals surface area contributed by atoms with E-state index in [1.54, 1.807) is 0 Å². The fourth-order valence-electron chi connectivity index (χ4n) is 1.41. The van der Waals surface area contributed by atoms with Crippen molar-refractivity contribution in [3.8, 4) is 0 Å². The molecule has 15 heavy (non-hydrogen) atoms. The van der Waals surface area contributed by atoms with Crippen molar-refractivity contribution in [3.05, 3.63) is 11.8 Å². The molecule has 1 N–H and O–H groups in total. The summed E-state index contributed by atoms with van der Waals surface area (Å²) in [5, 5.41) is 11.5. The molecule has 0 spiro atoms. The van der Waals surface area contributed by atoms with Crippen molar-refractivity contribution in [2.75, 3.05) is 6.54 Å². The van der Waals surface area contributed by atoms with Crippen LogP contribution in [0.2, 0.25) is 0 Å². The Morgan fingerprint density at radius 3 is 2.33 bits per heavy atom. The molecule has 0 amide bonds. The van der Waals surface area contributed by atoms with E-state index in [1.165, 1.54) is 0 Å². The van der Waals surface area contributed by atoms with E-state index in [4.69, 9.17) is 4.42 Å². The standard InChI is InChI=1S/C11H21N3O/c1-5-8(4)10-13-14-11(15-10)9(6-2)12-7-3/h8-9,12H,5-7H2,1-4H3. The molecule has 0 aromatic carbocycles. The van der Waals surface area contributed by atoms with Crippen molar-refractivity contribution in [2.24, 2.45) is 0 Å². The average Bonchev–Trinajstić information content (AvgIpc) is 2.73.